The van der Waals surface area contributed by atoms with Gasteiger partial charge in [-0.1, -0.05) is 13.8 Å². The molecule has 0 atom stereocenters. The van der Waals surface area contributed by atoms with E-state index in [0.717, 1.165) is 26.1 Å². The third-order valence-corrected chi connectivity index (χ3v) is 2.15. The van der Waals surface area contributed by atoms with Gasteiger partial charge in [0, 0.05) is 26.1 Å². The maximum absolute atomic E-state index is 10.8. The second kappa shape index (κ2) is 4.04. The number of carbonyl (C=O) groups is 1. The summed E-state index contributed by atoms with van der Waals surface area (Å²) in [5.41, 5.74) is 0. The second-order valence-electron chi connectivity index (χ2n) is 4.17. The van der Waals surface area contributed by atoms with E-state index in [-0.39, 0.29) is 0 Å². The maximum Gasteiger partial charge on any atom is 0.130 e. The Kier molecular flexibility index (Phi) is 3.27. The fraction of sp³-hybridized carbons (Fsp3) is 0.800. The van der Waals surface area contributed by atoms with Crippen LogP contribution in [0.15, 0.2) is 0 Å². The van der Waals surface area contributed by atoms with Gasteiger partial charge in [-0.3, -0.25) is 0 Å². The standard InChI is InChI=1S/C10H18NO/c1-8(2)5-11-6-10(7-11)4-9(3)12/h10H,4-7H2,1-3H3. The molecule has 12 heavy (non-hydrogen) atoms. The van der Waals surface area contributed by atoms with Gasteiger partial charge in [0.2, 0.25) is 0 Å². The van der Waals surface area contributed by atoms with E-state index in [0.29, 0.717) is 11.7 Å². The highest BCUT2D eigenvalue weighted by Crippen LogP contribution is 2.20. The van der Waals surface area contributed by atoms with Gasteiger partial charge in [-0.25, -0.2) is 0 Å². The van der Waals surface area contributed by atoms with Crippen LogP contribution in [-0.4, -0.2) is 30.3 Å². The van der Waals surface area contributed by atoms with Gasteiger partial charge in [-0.15, -0.1) is 0 Å². The molecule has 0 amide bonds. The van der Waals surface area contributed by atoms with Gasteiger partial charge in [0.15, 0.2) is 0 Å². The molecule has 0 saturated carbocycles. The van der Waals surface area contributed by atoms with Gasteiger partial charge in [-0.2, -0.15) is 0 Å². The third-order valence-electron chi connectivity index (χ3n) is 2.15. The van der Waals surface area contributed by atoms with Crippen molar-refractivity contribution in [3.63, 3.8) is 0 Å². The summed E-state index contributed by atoms with van der Waals surface area (Å²) < 4.78 is 0. The molecule has 0 spiro atoms. The SMILES string of the molecule is C[C](C)CN1CC(CC(C)=O)C1. The predicted octanol–water partition coefficient (Wildman–Crippen LogP) is 1.51. The van der Waals surface area contributed by atoms with Gasteiger partial charge in [0.05, 0.1) is 0 Å². The molecule has 1 radical (unpaired) electrons. The molecular formula is C10H18NO. The molecule has 1 aliphatic heterocycles. The zero-order valence-corrected chi connectivity index (χ0v) is 8.26. The van der Waals surface area contributed by atoms with Crippen molar-refractivity contribution in [3.8, 4) is 0 Å². The Bertz CT molecular complexity index is 159. The van der Waals surface area contributed by atoms with Crippen LogP contribution in [0, 0.1) is 11.8 Å². The fourth-order valence-electron chi connectivity index (χ4n) is 1.79. The molecule has 0 aromatic rings. The molecule has 1 fully saturated rings. The highest BCUT2D eigenvalue weighted by Gasteiger charge is 2.27. The van der Waals surface area contributed by atoms with Crippen LogP contribution in [0.1, 0.15) is 27.2 Å². The summed E-state index contributed by atoms with van der Waals surface area (Å²) in [6.45, 7) is 9.32. The summed E-state index contributed by atoms with van der Waals surface area (Å²) in [4.78, 5) is 13.1. The number of hydrogen-bond acceptors (Lipinski definition) is 2. The van der Waals surface area contributed by atoms with Crippen LogP contribution in [-0.2, 0) is 4.79 Å². The van der Waals surface area contributed by atoms with Crippen LogP contribution in [0.4, 0.5) is 0 Å². The highest BCUT2D eigenvalue weighted by molar-refractivity contribution is 5.75. The Hall–Kier alpha value is -0.370. The van der Waals surface area contributed by atoms with E-state index in [1.807, 2.05) is 0 Å². The topological polar surface area (TPSA) is 20.3 Å². The van der Waals surface area contributed by atoms with E-state index in [1.54, 1.807) is 6.92 Å². The molecule has 0 unspecified atom stereocenters. The van der Waals surface area contributed by atoms with E-state index in [1.165, 1.54) is 5.92 Å². The number of ketones is 1. The van der Waals surface area contributed by atoms with E-state index in [4.69, 9.17) is 0 Å². The minimum absolute atomic E-state index is 0.330. The van der Waals surface area contributed by atoms with Gasteiger partial charge in [-0.05, 0) is 18.8 Å². The zero-order chi connectivity index (χ0) is 9.14. The Morgan fingerprint density at radius 2 is 1.92 bits per heavy atom. The quantitative estimate of drug-likeness (QED) is 0.634. The average Bonchev–Trinajstić information content (AvgIpc) is 1.80. The predicted molar refractivity (Wildman–Crippen MR) is 49.8 cm³/mol. The van der Waals surface area contributed by atoms with Crippen molar-refractivity contribution in [3.05, 3.63) is 5.92 Å². The number of nitrogens with zero attached hydrogens (tertiary/aromatic N) is 1. The van der Waals surface area contributed by atoms with Crippen LogP contribution in [0.5, 0.6) is 0 Å². The molecule has 69 valence electrons. The lowest BCUT2D eigenvalue weighted by molar-refractivity contribution is -0.119. The van der Waals surface area contributed by atoms with Gasteiger partial charge < -0.3 is 9.69 Å². The molecule has 0 aromatic heterocycles. The number of hydrogen-bond donors (Lipinski definition) is 0. The van der Waals surface area contributed by atoms with Gasteiger partial charge in [0.25, 0.3) is 0 Å². The number of carbonyl (C=O) groups excluding carboxylic acids is 1. The summed E-state index contributed by atoms with van der Waals surface area (Å²) in [6.07, 6.45) is 0.777. The van der Waals surface area contributed by atoms with E-state index < -0.39 is 0 Å². The van der Waals surface area contributed by atoms with Crippen molar-refractivity contribution in [2.75, 3.05) is 19.6 Å². The van der Waals surface area contributed by atoms with E-state index >= 15 is 0 Å². The normalized spacial score (nSPS) is 19.7. The van der Waals surface area contributed by atoms with Crippen molar-refractivity contribution >= 4 is 5.78 Å². The molecule has 0 aromatic carbocycles. The lowest BCUT2D eigenvalue weighted by Gasteiger charge is -2.39. The van der Waals surface area contributed by atoms with Crippen LogP contribution >= 0.6 is 0 Å². The summed E-state index contributed by atoms with van der Waals surface area (Å²) in [5.74, 6) is 2.43. The number of rotatable bonds is 4. The lowest BCUT2D eigenvalue weighted by Crippen LogP contribution is -2.48. The third kappa shape index (κ3) is 2.94. The van der Waals surface area contributed by atoms with Crippen LogP contribution < -0.4 is 0 Å². The Morgan fingerprint density at radius 3 is 2.33 bits per heavy atom. The first-order valence-corrected chi connectivity index (χ1v) is 4.58. The minimum Gasteiger partial charge on any atom is -0.302 e. The average molecular weight is 168 g/mol. The van der Waals surface area contributed by atoms with Crippen LogP contribution in [0.25, 0.3) is 0 Å². The Balaban J connectivity index is 2.08. The molecular weight excluding hydrogens is 150 g/mol. The van der Waals surface area contributed by atoms with Crippen molar-refractivity contribution in [1.29, 1.82) is 0 Å². The molecule has 1 heterocycles. The fourth-order valence-corrected chi connectivity index (χ4v) is 1.79. The van der Waals surface area contributed by atoms with E-state index in [2.05, 4.69) is 18.7 Å². The summed E-state index contributed by atoms with van der Waals surface area (Å²) >= 11 is 0. The van der Waals surface area contributed by atoms with Crippen LogP contribution in [0.3, 0.4) is 0 Å². The summed E-state index contributed by atoms with van der Waals surface area (Å²) in [5, 5.41) is 0. The smallest absolute Gasteiger partial charge is 0.130 e. The monoisotopic (exact) mass is 168 g/mol. The summed E-state index contributed by atoms with van der Waals surface area (Å²) in [6, 6.07) is 0. The molecule has 0 aliphatic carbocycles. The molecule has 2 heteroatoms. The highest BCUT2D eigenvalue weighted by atomic mass is 16.1. The maximum atomic E-state index is 10.8. The molecule has 2 nitrogen and oxygen atoms in total. The van der Waals surface area contributed by atoms with Crippen molar-refractivity contribution < 1.29 is 4.79 Å². The number of likely N-dealkylation sites (tertiary alicyclic amines) is 1. The molecule has 1 aliphatic rings. The second-order valence-corrected chi connectivity index (χ2v) is 4.17. The first kappa shape index (κ1) is 9.72. The Labute approximate surface area is 74.9 Å². The minimum atomic E-state index is 0.330. The first-order chi connectivity index (χ1) is 5.58. The Morgan fingerprint density at radius 1 is 1.33 bits per heavy atom. The zero-order valence-electron chi connectivity index (χ0n) is 8.26. The van der Waals surface area contributed by atoms with Crippen molar-refractivity contribution in [1.82, 2.24) is 4.90 Å². The van der Waals surface area contributed by atoms with Gasteiger partial charge >= 0.3 is 0 Å². The molecule has 0 bridgehead atoms. The van der Waals surface area contributed by atoms with Crippen LogP contribution in [0.2, 0.25) is 0 Å². The van der Waals surface area contributed by atoms with Crippen molar-refractivity contribution in [2.24, 2.45) is 5.92 Å². The molecule has 0 N–H and O–H groups in total. The van der Waals surface area contributed by atoms with Crippen molar-refractivity contribution in [2.45, 2.75) is 27.2 Å². The summed E-state index contributed by atoms with van der Waals surface area (Å²) in [7, 11) is 0. The first-order valence-electron chi connectivity index (χ1n) is 4.58. The number of Topliss-reactive ketones (excluding diaryl/α,β-unsaturated/α-hetero) is 1. The lowest BCUT2D eigenvalue weighted by atomic mass is 9.93. The molecule has 1 saturated heterocycles. The largest absolute Gasteiger partial charge is 0.302 e. The van der Waals surface area contributed by atoms with Gasteiger partial charge in [0.1, 0.15) is 5.78 Å². The molecule has 1 rings (SSSR count). The van der Waals surface area contributed by atoms with E-state index in [9.17, 15) is 4.79 Å².